The molecule has 1 aromatic heterocycles. The van der Waals surface area contributed by atoms with Crippen molar-refractivity contribution in [3.05, 3.63) is 47.0 Å². The Balaban J connectivity index is 2.24. The summed E-state index contributed by atoms with van der Waals surface area (Å²) < 4.78 is 25.0. The highest BCUT2D eigenvalue weighted by molar-refractivity contribution is 7.92. The largest absolute Gasteiger partial charge is 0.324 e. The Morgan fingerprint density at radius 3 is 2.48 bits per heavy atom. The van der Waals surface area contributed by atoms with E-state index in [1.165, 1.54) is 15.6 Å². The molecule has 0 saturated carbocycles. The van der Waals surface area contributed by atoms with Crippen LogP contribution in [0.3, 0.4) is 0 Å². The first-order valence-corrected chi connectivity index (χ1v) is 8.84. The van der Waals surface area contributed by atoms with Gasteiger partial charge in [0.05, 0.1) is 19.3 Å². The molecule has 0 unspecified atom stereocenters. The fourth-order valence-electron chi connectivity index (χ4n) is 1.75. The van der Waals surface area contributed by atoms with Crippen LogP contribution in [0.25, 0.3) is 0 Å². The standard InChI is InChI=1S/C13H15N3O3S2/c1-21(18,19)16(13-15-6-7-20-13)9-10-2-4-11(5-3-10)12(17)8-14/h2-7H,8-9,14H2,1H3. The fraction of sp³-hybridized carbons (Fsp3) is 0.231. The van der Waals surface area contributed by atoms with E-state index >= 15 is 0 Å². The highest BCUT2D eigenvalue weighted by Gasteiger charge is 2.20. The lowest BCUT2D eigenvalue weighted by Crippen LogP contribution is -2.29. The topological polar surface area (TPSA) is 93.4 Å². The Hall–Kier alpha value is -1.77. The predicted octanol–water partition coefficient (Wildman–Crippen LogP) is 1.25. The average Bonchev–Trinajstić information content (AvgIpc) is 2.97. The number of hydrogen-bond donors (Lipinski definition) is 1. The molecular formula is C13H15N3O3S2. The van der Waals surface area contributed by atoms with Gasteiger partial charge >= 0.3 is 0 Å². The van der Waals surface area contributed by atoms with Gasteiger partial charge in [0.15, 0.2) is 10.9 Å². The van der Waals surface area contributed by atoms with E-state index in [4.69, 9.17) is 5.73 Å². The number of carbonyl (C=O) groups is 1. The Morgan fingerprint density at radius 2 is 2.00 bits per heavy atom. The second-order valence-corrected chi connectivity index (χ2v) is 7.19. The minimum Gasteiger partial charge on any atom is -0.324 e. The Labute approximate surface area is 127 Å². The van der Waals surface area contributed by atoms with Gasteiger partial charge in [-0.15, -0.1) is 11.3 Å². The quantitative estimate of drug-likeness (QED) is 0.807. The van der Waals surface area contributed by atoms with Crippen LogP contribution in [0.2, 0.25) is 0 Å². The monoisotopic (exact) mass is 325 g/mol. The number of sulfonamides is 1. The molecular weight excluding hydrogens is 310 g/mol. The van der Waals surface area contributed by atoms with Crippen molar-refractivity contribution in [2.45, 2.75) is 6.54 Å². The first kappa shape index (κ1) is 15.6. The minimum absolute atomic E-state index is 0.0477. The number of hydrogen-bond acceptors (Lipinski definition) is 6. The minimum atomic E-state index is -3.42. The highest BCUT2D eigenvalue weighted by atomic mass is 32.2. The number of aromatic nitrogens is 1. The molecule has 0 saturated heterocycles. The summed E-state index contributed by atoms with van der Waals surface area (Å²) in [4.78, 5) is 15.5. The smallest absolute Gasteiger partial charge is 0.234 e. The molecule has 0 fully saturated rings. The van der Waals surface area contributed by atoms with E-state index in [0.717, 1.165) is 11.8 Å². The van der Waals surface area contributed by atoms with Gasteiger partial charge in [0.1, 0.15) is 0 Å². The maximum Gasteiger partial charge on any atom is 0.234 e. The van der Waals surface area contributed by atoms with Crippen LogP contribution in [0, 0.1) is 0 Å². The summed E-state index contributed by atoms with van der Waals surface area (Å²) in [6.07, 6.45) is 2.70. The molecule has 0 spiro atoms. The maximum absolute atomic E-state index is 11.9. The van der Waals surface area contributed by atoms with Crippen molar-refractivity contribution in [2.24, 2.45) is 5.73 Å². The van der Waals surface area contributed by atoms with Crippen LogP contribution in [-0.2, 0) is 16.6 Å². The Kier molecular flexibility index (Phi) is 4.71. The summed E-state index contributed by atoms with van der Waals surface area (Å²) in [5, 5.41) is 2.14. The van der Waals surface area contributed by atoms with Gasteiger partial charge in [-0.25, -0.2) is 17.7 Å². The first-order chi connectivity index (χ1) is 9.91. The molecule has 1 heterocycles. The predicted molar refractivity (Wildman–Crippen MR) is 83.0 cm³/mol. The fourth-order valence-corrected chi connectivity index (χ4v) is 3.54. The number of ketones is 1. The number of Topliss-reactive ketones (excluding diaryl/α,β-unsaturated/α-hetero) is 1. The first-order valence-electron chi connectivity index (χ1n) is 6.11. The van der Waals surface area contributed by atoms with Crippen molar-refractivity contribution in [2.75, 3.05) is 17.1 Å². The molecule has 2 rings (SSSR count). The van der Waals surface area contributed by atoms with Crippen LogP contribution >= 0.6 is 11.3 Å². The summed E-state index contributed by atoms with van der Waals surface area (Å²) in [5.41, 5.74) is 6.58. The van der Waals surface area contributed by atoms with Gasteiger partial charge in [0.2, 0.25) is 10.0 Å². The summed E-state index contributed by atoms with van der Waals surface area (Å²) >= 11 is 1.25. The molecule has 0 aliphatic rings. The van der Waals surface area contributed by atoms with E-state index in [-0.39, 0.29) is 18.9 Å². The van der Waals surface area contributed by atoms with E-state index in [1.54, 1.807) is 35.8 Å². The van der Waals surface area contributed by atoms with Crippen molar-refractivity contribution in [1.82, 2.24) is 4.98 Å². The van der Waals surface area contributed by atoms with E-state index in [0.29, 0.717) is 10.7 Å². The number of benzene rings is 1. The third kappa shape index (κ3) is 3.87. The zero-order chi connectivity index (χ0) is 15.5. The number of rotatable bonds is 6. The Bertz CT molecular complexity index is 710. The third-order valence-corrected chi connectivity index (χ3v) is 4.83. The summed E-state index contributed by atoms with van der Waals surface area (Å²) in [7, 11) is -3.42. The molecule has 0 aliphatic carbocycles. The zero-order valence-electron chi connectivity index (χ0n) is 11.4. The molecule has 112 valence electrons. The molecule has 21 heavy (non-hydrogen) atoms. The molecule has 1 aromatic carbocycles. The number of nitrogens with zero attached hydrogens (tertiary/aromatic N) is 2. The molecule has 0 atom stereocenters. The summed E-state index contributed by atoms with van der Waals surface area (Å²) in [5.74, 6) is -0.151. The van der Waals surface area contributed by atoms with Crippen molar-refractivity contribution in [3.8, 4) is 0 Å². The molecule has 8 heteroatoms. The normalized spacial score (nSPS) is 11.3. The van der Waals surface area contributed by atoms with Crippen LogP contribution in [0.15, 0.2) is 35.8 Å². The van der Waals surface area contributed by atoms with Crippen molar-refractivity contribution < 1.29 is 13.2 Å². The number of nitrogens with two attached hydrogens (primary N) is 1. The molecule has 0 bridgehead atoms. The van der Waals surface area contributed by atoms with E-state index in [9.17, 15) is 13.2 Å². The van der Waals surface area contributed by atoms with Crippen molar-refractivity contribution in [1.29, 1.82) is 0 Å². The van der Waals surface area contributed by atoms with Gasteiger partial charge in [0, 0.05) is 17.1 Å². The van der Waals surface area contributed by atoms with Crippen molar-refractivity contribution >= 4 is 32.3 Å². The lowest BCUT2D eigenvalue weighted by atomic mass is 10.1. The van der Waals surface area contributed by atoms with Crippen molar-refractivity contribution in [3.63, 3.8) is 0 Å². The maximum atomic E-state index is 11.9. The Morgan fingerprint density at radius 1 is 1.33 bits per heavy atom. The van der Waals surface area contributed by atoms with E-state index in [2.05, 4.69) is 4.98 Å². The van der Waals surface area contributed by atoms with Gasteiger partial charge < -0.3 is 5.73 Å². The zero-order valence-corrected chi connectivity index (χ0v) is 13.0. The second kappa shape index (κ2) is 6.33. The van der Waals surface area contributed by atoms with E-state index in [1.807, 2.05) is 0 Å². The van der Waals surface area contributed by atoms with Crippen LogP contribution in [-0.4, -0.2) is 32.0 Å². The van der Waals surface area contributed by atoms with Crippen LogP contribution in [0.5, 0.6) is 0 Å². The molecule has 2 N–H and O–H groups in total. The number of carbonyl (C=O) groups excluding carboxylic acids is 1. The lowest BCUT2D eigenvalue weighted by molar-refractivity contribution is 0.100. The van der Waals surface area contributed by atoms with Crippen LogP contribution in [0.1, 0.15) is 15.9 Å². The van der Waals surface area contributed by atoms with Gasteiger partial charge in [-0.05, 0) is 5.56 Å². The van der Waals surface area contributed by atoms with Gasteiger partial charge in [-0.3, -0.25) is 4.79 Å². The highest BCUT2D eigenvalue weighted by Crippen LogP contribution is 2.22. The molecule has 0 radical (unpaired) electrons. The van der Waals surface area contributed by atoms with Gasteiger partial charge in [-0.2, -0.15) is 0 Å². The van der Waals surface area contributed by atoms with Crippen LogP contribution < -0.4 is 10.0 Å². The lowest BCUT2D eigenvalue weighted by Gasteiger charge is -2.19. The van der Waals surface area contributed by atoms with Crippen LogP contribution in [0.4, 0.5) is 5.13 Å². The number of thiazole rings is 1. The number of anilines is 1. The summed E-state index contributed by atoms with van der Waals surface area (Å²) in [6.45, 7) is 0.122. The molecule has 6 nitrogen and oxygen atoms in total. The average molecular weight is 325 g/mol. The van der Waals surface area contributed by atoms with E-state index < -0.39 is 10.0 Å². The second-order valence-electron chi connectivity index (χ2n) is 4.41. The molecule has 0 amide bonds. The third-order valence-electron chi connectivity index (χ3n) is 2.82. The van der Waals surface area contributed by atoms with Gasteiger partial charge in [0.25, 0.3) is 0 Å². The summed E-state index contributed by atoms with van der Waals surface area (Å²) in [6, 6.07) is 6.73. The molecule has 0 aliphatic heterocycles. The SMILES string of the molecule is CS(=O)(=O)N(Cc1ccc(C(=O)CN)cc1)c1nccs1. The molecule has 2 aromatic rings. The van der Waals surface area contributed by atoms with Gasteiger partial charge in [-0.1, -0.05) is 24.3 Å².